The fraction of sp³-hybridized carbons (Fsp3) is 0.250. The second-order valence-corrected chi connectivity index (χ2v) is 4.75. The van der Waals surface area contributed by atoms with Crippen LogP contribution in [0.2, 0.25) is 0 Å². The van der Waals surface area contributed by atoms with Gasteiger partial charge >= 0.3 is 5.97 Å². The van der Waals surface area contributed by atoms with Crippen molar-refractivity contribution >= 4 is 11.9 Å². The molecule has 1 heterocycles. The summed E-state index contributed by atoms with van der Waals surface area (Å²) in [6, 6.07) is 11.2. The molecule has 2 rings (SSSR count). The molecule has 2 N–H and O–H groups in total. The molecule has 0 aliphatic rings. The van der Waals surface area contributed by atoms with Gasteiger partial charge in [-0.05, 0) is 17.7 Å². The van der Waals surface area contributed by atoms with Gasteiger partial charge < -0.3 is 19.6 Å². The number of nitrogens with one attached hydrogen (secondary N) is 1. The summed E-state index contributed by atoms with van der Waals surface area (Å²) in [5.41, 5.74) is 0.828. The van der Waals surface area contributed by atoms with Crippen LogP contribution in [0.4, 0.5) is 0 Å². The van der Waals surface area contributed by atoms with Crippen LogP contribution in [-0.4, -0.2) is 30.1 Å². The molecule has 0 saturated carbocycles. The largest absolute Gasteiger partial charge is 0.480 e. The lowest BCUT2D eigenvalue weighted by atomic mass is 10.1. The summed E-state index contributed by atoms with van der Waals surface area (Å²) < 4.78 is 10.2. The number of rotatable bonds is 7. The monoisotopic (exact) mass is 303 g/mol. The lowest BCUT2D eigenvalue weighted by Crippen LogP contribution is -2.42. The van der Waals surface area contributed by atoms with Crippen LogP contribution in [0.15, 0.2) is 46.9 Å². The average Bonchev–Trinajstić information content (AvgIpc) is 2.96. The van der Waals surface area contributed by atoms with Crippen LogP contribution in [0.1, 0.15) is 21.9 Å². The van der Waals surface area contributed by atoms with E-state index < -0.39 is 17.9 Å². The van der Waals surface area contributed by atoms with Gasteiger partial charge in [0, 0.05) is 13.5 Å². The average molecular weight is 303 g/mol. The number of amides is 1. The van der Waals surface area contributed by atoms with Gasteiger partial charge in [-0.25, -0.2) is 4.79 Å². The number of hydrogen-bond acceptors (Lipinski definition) is 4. The molecule has 1 amide bonds. The van der Waals surface area contributed by atoms with Crippen LogP contribution in [0.25, 0.3) is 0 Å². The van der Waals surface area contributed by atoms with E-state index in [1.54, 1.807) is 6.07 Å². The van der Waals surface area contributed by atoms with Crippen molar-refractivity contribution in [3.05, 3.63) is 59.5 Å². The number of carboxylic acids is 1. The van der Waals surface area contributed by atoms with Crippen molar-refractivity contribution < 1.29 is 23.8 Å². The van der Waals surface area contributed by atoms with Crippen molar-refractivity contribution in [2.45, 2.75) is 19.1 Å². The standard InChI is InChI=1S/C16H17NO5/c1-21-10-12-7-8-14(22-12)15(18)17-13(16(19)20)9-11-5-3-2-4-6-11/h2-8,13H,9-10H2,1H3,(H,17,18)(H,19,20)/t13-/m1/s1. The van der Waals surface area contributed by atoms with Crippen LogP contribution >= 0.6 is 0 Å². The highest BCUT2D eigenvalue weighted by Gasteiger charge is 2.22. The van der Waals surface area contributed by atoms with Crippen molar-refractivity contribution in [2.75, 3.05) is 7.11 Å². The van der Waals surface area contributed by atoms with Crippen molar-refractivity contribution in [3.8, 4) is 0 Å². The van der Waals surface area contributed by atoms with Gasteiger partial charge in [-0.2, -0.15) is 0 Å². The van der Waals surface area contributed by atoms with Crippen molar-refractivity contribution in [1.29, 1.82) is 0 Å². The Morgan fingerprint density at radius 1 is 1.23 bits per heavy atom. The number of ether oxygens (including phenoxy) is 1. The molecule has 0 aliphatic heterocycles. The smallest absolute Gasteiger partial charge is 0.326 e. The molecule has 0 unspecified atom stereocenters. The van der Waals surface area contributed by atoms with Gasteiger partial charge in [-0.1, -0.05) is 30.3 Å². The first-order valence-electron chi connectivity index (χ1n) is 6.75. The lowest BCUT2D eigenvalue weighted by molar-refractivity contribution is -0.139. The van der Waals surface area contributed by atoms with Gasteiger partial charge in [-0.15, -0.1) is 0 Å². The molecule has 0 bridgehead atoms. The van der Waals surface area contributed by atoms with Gasteiger partial charge in [0.15, 0.2) is 5.76 Å². The molecule has 2 aromatic rings. The van der Waals surface area contributed by atoms with E-state index in [2.05, 4.69) is 5.32 Å². The van der Waals surface area contributed by atoms with Crippen LogP contribution < -0.4 is 5.32 Å². The zero-order chi connectivity index (χ0) is 15.9. The maximum absolute atomic E-state index is 12.1. The number of furan rings is 1. The van der Waals surface area contributed by atoms with Gasteiger partial charge in [0.25, 0.3) is 5.91 Å². The molecule has 0 radical (unpaired) electrons. The molecule has 1 aromatic carbocycles. The van der Waals surface area contributed by atoms with E-state index in [9.17, 15) is 14.7 Å². The summed E-state index contributed by atoms with van der Waals surface area (Å²) in [6.07, 6.45) is 0.202. The highest BCUT2D eigenvalue weighted by Crippen LogP contribution is 2.10. The summed E-state index contributed by atoms with van der Waals surface area (Å²) in [6.45, 7) is 0.250. The van der Waals surface area contributed by atoms with Gasteiger partial charge in [0.05, 0.1) is 0 Å². The topological polar surface area (TPSA) is 88.8 Å². The first-order chi connectivity index (χ1) is 10.6. The Hall–Kier alpha value is -2.60. The Morgan fingerprint density at radius 3 is 2.59 bits per heavy atom. The SMILES string of the molecule is COCc1ccc(C(=O)N[C@H](Cc2ccccc2)C(=O)O)o1. The molecule has 0 spiro atoms. The van der Waals surface area contributed by atoms with E-state index >= 15 is 0 Å². The normalized spacial score (nSPS) is 11.9. The molecule has 0 fully saturated rings. The van der Waals surface area contributed by atoms with E-state index in [4.69, 9.17) is 9.15 Å². The minimum Gasteiger partial charge on any atom is -0.480 e. The Labute approximate surface area is 127 Å². The molecule has 116 valence electrons. The zero-order valence-electron chi connectivity index (χ0n) is 12.1. The number of carboxylic acid groups (broad SMARTS) is 1. The van der Waals surface area contributed by atoms with Crippen molar-refractivity contribution in [2.24, 2.45) is 0 Å². The zero-order valence-corrected chi connectivity index (χ0v) is 12.1. The molecular weight excluding hydrogens is 286 g/mol. The number of carbonyl (C=O) groups excluding carboxylic acids is 1. The molecule has 22 heavy (non-hydrogen) atoms. The third-order valence-corrected chi connectivity index (χ3v) is 3.06. The highest BCUT2D eigenvalue weighted by molar-refractivity contribution is 5.94. The molecule has 1 aromatic heterocycles. The summed E-state index contributed by atoms with van der Waals surface area (Å²) in [5.74, 6) is -1.10. The summed E-state index contributed by atoms with van der Waals surface area (Å²) in [4.78, 5) is 23.4. The molecule has 0 saturated heterocycles. The van der Waals surface area contributed by atoms with E-state index in [1.807, 2.05) is 30.3 Å². The second-order valence-electron chi connectivity index (χ2n) is 4.75. The Bertz CT molecular complexity index is 635. The first kappa shape index (κ1) is 15.8. The lowest BCUT2D eigenvalue weighted by Gasteiger charge is -2.13. The van der Waals surface area contributed by atoms with Crippen molar-refractivity contribution in [1.82, 2.24) is 5.32 Å². The minimum absolute atomic E-state index is 0.0614. The third-order valence-electron chi connectivity index (χ3n) is 3.06. The Balaban J connectivity index is 2.03. The number of carbonyl (C=O) groups is 2. The Morgan fingerprint density at radius 2 is 1.95 bits per heavy atom. The number of methoxy groups -OCH3 is 1. The molecule has 0 aliphatic carbocycles. The van der Waals surface area contributed by atoms with Crippen LogP contribution in [0.5, 0.6) is 0 Å². The minimum atomic E-state index is -1.10. The predicted molar refractivity (Wildman–Crippen MR) is 78.5 cm³/mol. The number of benzene rings is 1. The first-order valence-corrected chi connectivity index (χ1v) is 6.75. The molecular formula is C16H17NO5. The van der Waals surface area contributed by atoms with Crippen molar-refractivity contribution in [3.63, 3.8) is 0 Å². The fourth-order valence-corrected chi connectivity index (χ4v) is 2.00. The number of aliphatic carboxylic acids is 1. The number of hydrogen-bond donors (Lipinski definition) is 2. The van der Waals surface area contributed by atoms with Gasteiger partial charge in [0.1, 0.15) is 18.4 Å². The molecule has 1 atom stereocenters. The second kappa shape index (κ2) is 7.42. The summed E-state index contributed by atoms with van der Waals surface area (Å²) in [5, 5.41) is 11.7. The maximum Gasteiger partial charge on any atom is 0.326 e. The summed E-state index contributed by atoms with van der Waals surface area (Å²) >= 11 is 0. The van der Waals surface area contributed by atoms with Gasteiger partial charge in [0.2, 0.25) is 0 Å². The van der Waals surface area contributed by atoms with E-state index in [0.29, 0.717) is 5.76 Å². The van der Waals surface area contributed by atoms with Crippen LogP contribution in [0.3, 0.4) is 0 Å². The van der Waals surface area contributed by atoms with Gasteiger partial charge in [-0.3, -0.25) is 4.79 Å². The molecule has 6 heteroatoms. The quantitative estimate of drug-likeness (QED) is 0.815. The van der Waals surface area contributed by atoms with E-state index in [0.717, 1.165) is 5.56 Å². The van der Waals surface area contributed by atoms with E-state index in [1.165, 1.54) is 13.2 Å². The summed E-state index contributed by atoms with van der Waals surface area (Å²) in [7, 11) is 1.52. The fourth-order valence-electron chi connectivity index (χ4n) is 2.00. The molecule has 6 nitrogen and oxygen atoms in total. The highest BCUT2D eigenvalue weighted by atomic mass is 16.5. The Kier molecular flexibility index (Phi) is 5.32. The third kappa shape index (κ3) is 4.20. The predicted octanol–water partition coefficient (Wildman–Crippen LogP) is 1.85. The maximum atomic E-state index is 12.1. The van der Waals surface area contributed by atoms with Crippen LogP contribution in [-0.2, 0) is 22.6 Å². The van der Waals surface area contributed by atoms with Crippen LogP contribution in [0, 0.1) is 0 Å². The van der Waals surface area contributed by atoms with E-state index in [-0.39, 0.29) is 18.8 Å².